The minimum atomic E-state index is -0.317. The predicted molar refractivity (Wildman–Crippen MR) is 89.7 cm³/mol. The van der Waals surface area contributed by atoms with Gasteiger partial charge in [-0.25, -0.2) is 9.37 Å². The number of fused-ring (bicyclic) bond motifs is 1. The normalized spacial score (nSPS) is 11.3. The van der Waals surface area contributed by atoms with Crippen LogP contribution < -0.4 is 5.56 Å². The highest BCUT2D eigenvalue weighted by atomic mass is 35.5. The molecule has 3 rings (SSSR count). The standard InChI is InChI=1S/C17H15ClFN3O2/c1-21(8-11-2-4-13(19)5-3-11)10-14-7-16(24)22-9-12(18)6-15(23)17(22)20-14/h2-7,9,23H,8,10H2,1H3. The summed E-state index contributed by atoms with van der Waals surface area (Å²) in [4.78, 5) is 18.4. The van der Waals surface area contributed by atoms with E-state index < -0.39 is 0 Å². The summed E-state index contributed by atoms with van der Waals surface area (Å²) < 4.78 is 14.1. The van der Waals surface area contributed by atoms with Gasteiger partial charge in [-0.05, 0) is 24.7 Å². The van der Waals surface area contributed by atoms with E-state index in [0.29, 0.717) is 18.8 Å². The van der Waals surface area contributed by atoms with Crippen molar-refractivity contribution >= 4 is 17.2 Å². The van der Waals surface area contributed by atoms with Crippen molar-refractivity contribution in [2.24, 2.45) is 0 Å². The van der Waals surface area contributed by atoms with Crippen LogP contribution in [0.25, 0.3) is 5.65 Å². The first-order chi connectivity index (χ1) is 11.4. The summed E-state index contributed by atoms with van der Waals surface area (Å²) in [6.45, 7) is 0.985. The zero-order valence-electron chi connectivity index (χ0n) is 12.9. The lowest BCUT2D eigenvalue weighted by Gasteiger charge is -2.16. The molecule has 7 heteroatoms. The van der Waals surface area contributed by atoms with E-state index in [1.54, 1.807) is 12.1 Å². The fourth-order valence-corrected chi connectivity index (χ4v) is 2.72. The number of hydrogen-bond donors (Lipinski definition) is 1. The molecule has 0 aliphatic rings. The highest BCUT2D eigenvalue weighted by Gasteiger charge is 2.10. The van der Waals surface area contributed by atoms with Crippen molar-refractivity contribution in [3.63, 3.8) is 0 Å². The molecule has 0 saturated carbocycles. The first-order valence-corrected chi connectivity index (χ1v) is 7.64. The molecule has 0 spiro atoms. The molecule has 0 fully saturated rings. The first kappa shape index (κ1) is 16.4. The largest absolute Gasteiger partial charge is 0.504 e. The molecule has 5 nitrogen and oxygen atoms in total. The van der Waals surface area contributed by atoms with Crippen molar-refractivity contribution in [1.82, 2.24) is 14.3 Å². The Bertz CT molecular complexity index is 941. The number of hydrogen-bond acceptors (Lipinski definition) is 4. The number of aromatic nitrogens is 2. The van der Waals surface area contributed by atoms with E-state index in [9.17, 15) is 14.3 Å². The fraction of sp³-hybridized carbons (Fsp3) is 0.176. The number of nitrogens with zero attached hydrogens (tertiary/aromatic N) is 3. The van der Waals surface area contributed by atoms with Crippen LogP contribution in [0.5, 0.6) is 5.75 Å². The van der Waals surface area contributed by atoms with E-state index in [1.165, 1.54) is 34.9 Å². The van der Waals surface area contributed by atoms with Crippen LogP contribution in [-0.2, 0) is 13.1 Å². The summed E-state index contributed by atoms with van der Waals surface area (Å²) in [7, 11) is 1.87. The molecule has 0 atom stereocenters. The lowest BCUT2D eigenvalue weighted by Crippen LogP contribution is -2.22. The third-order valence-corrected chi connectivity index (χ3v) is 3.77. The van der Waals surface area contributed by atoms with Crippen LogP contribution in [-0.4, -0.2) is 26.4 Å². The number of pyridine rings is 1. The molecule has 0 radical (unpaired) electrons. The van der Waals surface area contributed by atoms with Gasteiger partial charge in [0.05, 0.1) is 10.7 Å². The van der Waals surface area contributed by atoms with Crippen LogP contribution in [0.15, 0.2) is 47.4 Å². The Balaban J connectivity index is 1.84. The SMILES string of the molecule is CN(Cc1ccc(F)cc1)Cc1cc(=O)n2cc(Cl)cc(O)c2n1. The number of aromatic hydroxyl groups is 1. The van der Waals surface area contributed by atoms with Gasteiger partial charge >= 0.3 is 0 Å². The molecular formula is C17H15ClFN3O2. The van der Waals surface area contributed by atoms with Crippen molar-refractivity contribution in [3.8, 4) is 5.75 Å². The van der Waals surface area contributed by atoms with Gasteiger partial charge in [-0.2, -0.15) is 0 Å². The van der Waals surface area contributed by atoms with Crippen LogP contribution in [0.2, 0.25) is 5.02 Å². The Morgan fingerprint density at radius 1 is 1.25 bits per heavy atom. The number of halogens is 2. The van der Waals surface area contributed by atoms with Gasteiger partial charge in [-0.15, -0.1) is 0 Å². The van der Waals surface area contributed by atoms with Crippen LogP contribution >= 0.6 is 11.6 Å². The molecule has 2 heterocycles. The van der Waals surface area contributed by atoms with Gasteiger partial charge in [0.25, 0.3) is 5.56 Å². The Hall–Kier alpha value is -2.44. The second-order valence-corrected chi connectivity index (χ2v) is 6.06. The zero-order chi connectivity index (χ0) is 17.3. The lowest BCUT2D eigenvalue weighted by atomic mass is 10.2. The van der Waals surface area contributed by atoms with Crippen molar-refractivity contribution in [3.05, 3.63) is 75.0 Å². The number of rotatable bonds is 4. The van der Waals surface area contributed by atoms with E-state index in [2.05, 4.69) is 4.98 Å². The van der Waals surface area contributed by atoms with Gasteiger partial charge < -0.3 is 5.11 Å². The summed E-state index contributed by atoms with van der Waals surface area (Å²) in [6, 6.07) is 8.99. The molecule has 0 unspecified atom stereocenters. The highest BCUT2D eigenvalue weighted by molar-refractivity contribution is 6.30. The van der Waals surface area contributed by atoms with E-state index in [1.807, 2.05) is 11.9 Å². The first-order valence-electron chi connectivity index (χ1n) is 7.26. The molecule has 124 valence electrons. The zero-order valence-corrected chi connectivity index (χ0v) is 13.7. The highest BCUT2D eigenvalue weighted by Crippen LogP contribution is 2.20. The quantitative estimate of drug-likeness (QED) is 0.788. The smallest absolute Gasteiger partial charge is 0.258 e. The lowest BCUT2D eigenvalue weighted by molar-refractivity contribution is 0.315. The van der Waals surface area contributed by atoms with Crippen LogP contribution in [0, 0.1) is 5.82 Å². The average molecular weight is 348 g/mol. The monoisotopic (exact) mass is 347 g/mol. The molecule has 0 saturated heterocycles. The van der Waals surface area contributed by atoms with Crippen molar-refractivity contribution in [2.45, 2.75) is 13.1 Å². The van der Waals surface area contributed by atoms with Crippen molar-refractivity contribution < 1.29 is 9.50 Å². The predicted octanol–water partition coefficient (Wildman–Crippen LogP) is 2.82. The minimum absolute atomic E-state index is 0.150. The van der Waals surface area contributed by atoms with E-state index in [-0.39, 0.29) is 27.8 Å². The second kappa shape index (κ2) is 6.59. The van der Waals surface area contributed by atoms with E-state index in [4.69, 9.17) is 11.6 Å². The summed E-state index contributed by atoms with van der Waals surface area (Å²) >= 11 is 5.84. The topological polar surface area (TPSA) is 57.8 Å². The average Bonchev–Trinajstić information content (AvgIpc) is 2.51. The van der Waals surface area contributed by atoms with E-state index in [0.717, 1.165) is 5.56 Å². The van der Waals surface area contributed by atoms with Gasteiger partial charge in [0.2, 0.25) is 0 Å². The molecule has 1 aromatic carbocycles. The molecule has 0 amide bonds. The maximum Gasteiger partial charge on any atom is 0.258 e. The molecule has 1 N–H and O–H groups in total. The fourth-order valence-electron chi connectivity index (χ4n) is 2.51. The van der Waals surface area contributed by atoms with Crippen LogP contribution in [0.4, 0.5) is 4.39 Å². The summed E-state index contributed by atoms with van der Waals surface area (Å²) in [5.74, 6) is -0.428. The Morgan fingerprint density at radius 3 is 2.67 bits per heavy atom. The Morgan fingerprint density at radius 2 is 1.96 bits per heavy atom. The Kier molecular flexibility index (Phi) is 4.51. The van der Waals surface area contributed by atoms with Gasteiger partial charge in [0.1, 0.15) is 5.82 Å². The van der Waals surface area contributed by atoms with Gasteiger partial charge in [0, 0.05) is 31.4 Å². The van der Waals surface area contributed by atoms with Gasteiger partial charge in [-0.3, -0.25) is 14.1 Å². The summed E-state index contributed by atoms with van der Waals surface area (Å²) in [6.07, 6.45) is 1.41. The molecule has 2 aromatic heterocycles. The van der Waals surface area contributed by atoms with Gasteiger partial charge in [0.15, 0.2) is 11.4 Å². The maximum absolute atomic E-state index is 12.9. The molecule has 3 aromatic rings. The maximum atomic E-state index is 12.9. The van der Waals surface area contributed by atoms with Crippen molar-refractivity contribution in [1.29, 1.82) is 0 Å². The molecular weight excluding hydrogens is 333 g/mol. The summed E-state index contributed by atoms with van der Waals surface area (Å²) in [5.41, 5.74) is 1.33. The van der Waals surface area contributed by atoms with Crippen LogP contribution in [0.3, 0.4) is 0 Å². The van der Waals surface area contributed by atoms with Gasteiger partial charge in [-0.1, -0.05) is 23.7 Å². The third kappa shape index (κ3) is 3.55. The van der Waals surface area contributed by atoms with Crippen molar-refractivity contribution in [2.75, 3.05) is 7.05 Å². The molecule has 0 bridgehead atoms. The molecule has 0 aliphatic heterocycles. The van der Waals surface area contributed by atoms with Crippen LogP contribution in [0.1, 0.15) is 11.3 Å². The number of benzene rings is 1. The minimum Gasteiger partial charge on any atom is -0.504 e. The molecule has 0 aliphatic carbocycles. The third-order valence-electron chi connectivity index (χ3n) is 3.56. The van der Waals surface area contributed by atoms with E-state index >= 15 is 0 Å². The summed E-state index contributed by atoms with van der Waals surface area (Å²) in [5, 5.41) is 10.2. The second-order valence-electron chi connectivity index (χ2n) is 5.62. The Labute approximate surface area is 142 Å². The molecule has 24 heavy (non-hydrogen) atoms.